The number of aromatic nitrogens is 1. The summed E-state index contributed by atoms with van der Waals surface area (Å²) < 4.78 is 7.62. The smallest absolute Gasteiger partial charge is 0.167 e. The van der Waals surface area contributed by atoms with Crippen LogP contribution >= 0.6 is 0 Å². The molecule has 0 fully saturated rings. The molecule has 0 atom stereocenters. The van der Waals surface area contributed by atoms with Crippen LogP contribution in [-0.2, 0) is 6.42 Å². The molecule has 0 aliphatic rings. The molecule has 1 aromatic carbocycles. The molecule has 2 aromatic heterocycles. The lowest BCUT2D eigenvalue weighted by Gasteiger charge is -2.10. The van der Waals surface area contributed by atoms with Crippen molar-refractivity contribution < 1.29 is 9.53 Å². The molecule has 3 nitrogen and oxygen atoms in total. The first-order valence-electron chi connectivity index (χ1n) is 8.01. The molecule has 3 rings (SSSR count). The van der Waals surface area contributed by atoms with Gasteiger partial charge in [0.05, 0.1) is 12.3 Å². The van der Waals surface area contributed by atoms with Crippen molar-refractivity contribution in [2.45, 2.75) is 27.2 Å². The first-order valence-corrected chi connectivity index (χ1v) is 8.01. The highest BCUT2D eigenvalue weighted by molar-refractivity contribution is 5.90. The van der Waals surface area contributed by atoms with Crippen LogP contribution in [0.2, 0.25) is 0 Å². The molecule has 0 spiro atoms. The van der Waals surface area contributed by atoms with E-state index < -0.39 is 0 Å². The van der Waals surface area contributed by atoms with Gasteiger partial charge in [0.2, 0.25) is 0 Å². The van der Waals surface area contributed by atoms with Crippen LogP contribution in [-0.4, -0.2) is 17.3 Å². The number of benzene rings is 1. The maximum atomic E-state index is 11.6. The van der Waals surface area contributed by atoms with Crippen molar-refractivity contribution in [1.29, 1.82) is 0 Å². The lowest BCUT2D eigenvalue weighted by atomic mass is 10.0. The summed E-state index contributed by atoms with van der Waals surface area (Å²) in [4.78, 5) is 11.6. The molecule has 3 aromatic rings. The summed E-state index contributed by atoms with van der Waals surface area (Å²) in [6, 6.07) is 12.3. The van der Waals surface area contributed by atoms with E-state index in [0.717, 1.165) is 40.7 Å². The van der Waals surface area contributed by atoms with Crippen molar-refractivity contribution in [3.63, 3.8) is 0 Å². The number of hydrogen-bond acceptors (Lipinski definition) is 2. The maximum absolute atomic E-state index is 11.6. The molecule has 0 radical (unpaired) electrons. The Bertz CT molecular complexity index is 861. The molecule has 0 saturated carbocycles. The Morgan fingerprint density at radius 1 is 1.13 bits per heavy atom. The van der Waals surface area contributed by atoms with Crippen molar-refractivity contribution in [3.8, 4) is 16.9 Å². The number of fused-ring (bicyclic) bond motifs is 1. The molecule has 0 saturated heterocycles. The lowest BCUT2D eigenvalue weighted by Crippen LogP contribution is -1.97. The third-order valence-corrected chi connectivity index (χ3v) is 4.13. The van der Waals surface area contributed by atoms with Crippen LogP contribution in [0.25, 0.3) is 16.6 Å². The fourth-order valence-electron chi connectivity index (χ4n) is 2.98. The number of aryl methyl sites for hydroxylation is 2. The van der Waals surface area contributed by atoms with Crippen LogP contribution in [0.3, 0.4) is 0 Å². The zero-order valence-corrected chi connectivity index (χ0v) is 13.8. The Morgan fingerprint density at radius 3 is 2.65 bits per heavy atom. The molecule has 0 aliphatic carbocycles. The predicted octanol–water partition coefficient (Wildman–Crippen LogP) is 4.69. The van der Waals surface area contributed by atoms with Crippen LogP contribution in [0.15, 0.2) is 42.6 Å². The minimum Gasteiger partial charge on any atom is -0.494 e. The average Bonchev–Trinajstić information content (AvgIpc) is 2.92. The summed E-state index contributed by atoms with van der Waals surface area (Å²) in [6.07, 6.45) is 3.78. The number of carbonyl (C=O) groups is 1. The number of rotatable bonds is 5. The van der Waals surface area contributed by atoms with Gasteiger partial charge in [-0.25, -0.2) is 0 Å². The van der Waals surface area contributed by atoms with Crippen LogP contribution < -0.4 is 4.74 Å². The largest absolute Gasteiger partial charge is 0.494 e. The van der Waals surface area contributed by atoms with E-state index in [0.29, 0.717) is 12.3 Å². The highest BCUT2D eigenvalue weighted by Crippen LogP contribution is 2.31. The van der Waals surface area contributed by atoms with Gasteiger partial charge in [0.15, 0.2) is 6.29 Å². The van der Waals surface area contributed by atoms with Crippen LogP contribution in [0.5, 0.6) is 5.75 Å². The number of nitrogens with zero attached hydrogens (tertiary/aromatic N) is 1. The highest BCUT2D eigenvalue weighted by Gasteiger charge is 2.13. The van der Waals surface area contributed by atoms with Crippen molar-refractivity contribution >= 4 is 11.8 Å². The molecule has 0 N–H and O–H groups in total. The minimum absolute atomic E-state index is 0.654. The lowest BCUT2D eigenvalue weighted by molar-refractivity contribution is 0.111. The maximum Gasteiger partial charge on any atom is 0.167 e. The molecule has 0 amide bonds. The molecule has 0 bridgehead atoms. The molecule has 2 heterocycles. The van der Waals surface area contributed by atoms with E-state index >= 15 is 0 Å². The van der Waals surface area contributed by atoms with Gasteiger partial charge in [-0.3, -0.25) is 4.79 Å². The number of hydrogen-bond donors (Lipinski definition) is 0. The normalized spacial score (nSPS) is 10.9. The Balaban J connectivity index is 2.18. The quantitative estimate of drug-likeness (QED) is 0.640. The molecule has 118 valence electrons. The highest BCUT2D eigenvalue weighted by atomic mass is 16.5. The third-order valence-electron chi connectivity index (χ3n) is 4.13. The Hall–Kier alpha value is -2.55. The summed E-state index contributed by atoms with van der Waals surface area (Å²) in [5.74, 6) is 0.922. The van der Waals surface area contributed by atoms with Crippen molar-refractivity contribution in [2.24, 2.45) is 0 Å². The van der Waals surface area contributed by atoms with E-state index in [9.17, 15) is 4.79 Å². The number of ether oxygens (including phenoxy) is 1. The molecule has 3 heteroatoms. The van der Waals surface area contributed by atoms with Crippen molar-refractivity contribution in [3.05, 3.63) is 59.4 Å². The number of carbonyl (C=O) groups excluding carboxylic acids is 1. The monoisotopic (exact) mass is 307 g/mol. The van der Waals surface area contributed by atoms with E-state index in [4.69, 9.17) is 4.74 Å². The summed E-state index contributed by atoms with van der Waals surface area (Å²) in [7, 11) is 0. The summed E-state index contributed by atoms with van der Waals surface area (Å²) in [5, 5.41) is 0. The van der Waals surface area contributed by atoms with Gasteiger partial charge in [0.1, 0.15) is 5.75 Å². The molecule has 0 aliphatic heterocycles. The Kier molecular flexibility index (Phi) is 4.20. The Morgan fingerprint density at radius 2 is 1.96 bits per heavy atom. The summed E-state index contributed by atoms with van der Waals surface area (Å²) in [5.41, 5.74) is 6.07. The third kappa shape index (κ3) is 2.74. The zero-order chi connectivity index (χ0) is 16.4. The van der Waals surface area contributed by atoms with Crippen molar-refractivity contribution in [2.75, 3.05) is 6.61 Å². The molecule has 0 unspecified atom stereocenters. The summed E-state index contributed by atoms with van der Waals surface area (Å²) >= 11 is 0. The minimum atomic E-state index is 0.654. The van der Waals surface area contributed by atoms with Gasteiger partial charge >= 0.3 is 0 Å². The van der Waals surface area contributed by atoms with E-state index in [1.807, 2.05) is 35.7 Å². The average molecular weight is 307 g/mol. The zero-order valence-electron chi connectivity index (χ0n) is 13.8. The van der Waals surface area contributed by atoms with Gasteiger partial charge < -0.3 is 9.14 Å². The van der Waals surface area contributed by atoms with Gasteiger partial charge in [-0.1, -0.05) is 13.0 Å². The number of aldehydes is 1. The van der Waals surface area contributed by atoms with Crippen LogP contribution in [0, 0.1) is 6.92 Å². The van der Waals surface area contributed by atoms with Gasteiger partial charge in [-0.15, -0.1) is 0 Å². The topological polar surface area (TPSA) is 30.7 Å². The predicted molar refractivity (Wildman–Crippen MR) is 93.5 cm³/mol. The molecular formula is C20H21NO2. The van der Waals surface area contributed by atoms with E-state index in [1.165, 1.54) is 5.56 Å². The van der Waals surface area contributed by atoms with E-state index in [1.54, 1.807) is 0 Å². The standard InChI is InChI=1S/C20H21NO2/c1-4-15-11-16(6-7-20(15)23-5-2)18-12-17-10-14(3)8-9-21(17)19(18)13-22/h6-13H,4-5H2,1-3H3. The Labute approximate surface area is 136 Å². The number of pyridine rings is 1. The fraction of sp³-hybridized carbons (Fsp3) is 0.250. The second-order valence-corrected chi connectivity index (χ2v) is 5.67. The second-order valence-electron chi connectivity index (χ2n) is 5.67. The van der Waals surface area contributed by atoms with Gasteiger partial charge in [-0.2, -0.15) is 0 Å². The van der Waals surface area contributed by atoms with Crippen LogP contribution in [0.4, 0.5) is 0 Å². The fourth-order valence-corrected chi connectivity index (χ4v) is 2.98. The van der Waals surface area contributed by atoms with E-state index in [-0.39, 0.29) is 0 Å². The SMILES string of the molecule is CCOc1ccc(-c2cc3cc(C)ccn3c2C=O)cc1CC. The molecular weight excluding hydrogens is 286 g/mol. The van der Waals surface area contributed by atoms with Crippen LogP contribution in [0.1, 0.15) is 35.5 Å². The molecule has 23 heavy (non-hydrogen) atoms. The second kappa shape index (κ2) is 6.29. The first kappa shape index (κ1) is 15.3. The summed E-state index contributed by atoms with van der Waals surface area (Å²) in [6.45, 7) is 6.81. The van der Waals surface area contributed by atoms with Gasteiger partial charge in [-0.05, 0) is 67.3 Å². The van der Waals surface area contributed by atoms with E-state index in [2.05, 4.69) is 32.0 Å². The first-order chi connectivity index (χ1) is 11.2. The van der Waals surface area contributed by atoms with Gasteiger partial charge in [0.25, 0.3) is 0 Å². The van der Waals surface area contributed by atoms with Gasteiger partial charge in [0, 0.05) is 17.3 Å². The van der Waals surface area contributed by atoms with Crippen molar-refractivity contribution in [1.82, 2.24) is 4.40 Å².